The first-order valence-corrected chi connectivity index (χ1v) is 5.69. The van der Waals surface area contributed by atoms with Gasteiger partial charge in [0.1, 0.15) is 11.5 Å². The summed E-state index contributed by atoms with van der Waals surface area (Å²) >= 11 is 0. The van der Waals surface area contributed by atoms with Crippen molar-refractivity contribution in [2.45, 2.75) is 39.5 Å². The lowest BCUT2D eigenvalue weighted by molar-refractivity contribution is -0.118. The van der Waals surface area contributed by atoms with Gasteiger partial charge in [0.05, 0.1) is 6.61 Å². The Labute approximate surface area is 97.6 Å². The SMILES string of the molecule is CCOc1ccccc1C(C)(C)CC(C)=O. The van der Waals surface area contributed by atoms with Crippen molar-refractivity contribution in [3.63, 3.8) is 0 Å². The van der Waals surface area contributed by atoms with Crippen LogP contribution in [0, 0.1) is 0 Å². The average molecular weight is 220 g/mol. The molecule has 0 aliphatic heterocycles. The Morgan fingerprint density at radius 1 is 1.31 bits per heavy atom. The van der Waals surface area contributed by atoms with E-state index in [1.165, 1.54) is 0 Å². The van der Waals surface area contributed by atoms with Gasteiger partial charge in [-0.05, 0) is 19.9 Å². The molecule has 0 heterocycles. The molecule has 0 radical (unpaired) electrons. The highest BCUT2D eigenvalue weighted by molar-refractivity contribution is 5.77. The summed E-state index contributed by atoms with van der Waals surface area (Å²) in [7, 11) is 0. The molecular formula is C14H20O2. The van der Waals surface area contributed by atoms with Crippen molar-refractivity contribution in [3.8, 4) is 5.75 Å². The predicted molar refractivity (Wildman–Crippen MR) is 65.9 cm³/mol. The third-order valence-electron chi connectivity index (χ3n) is 2.61. The van der Waals surface area contributed by atoms with Crippen molar-refractivity contribution in [1.82, 2.24) is 0 Å². The van der Waals surface area contributed by atoms with Gasteiger partial charge < -0.3 is 4.74 Å². The zero-order valence-electron chi connectivity index (χ0n) is 10.5. The number of carbonyl (C=O) groups is 1. The zero-order chi connectivity index (χ0) is 12.2. The van der Waals surface area contributed by atoms with E-state index in [-0.39, 0.29) is 11.2 Å². The number of Topliss-reactive ketones (excluding diaryl/α,β-unsaturated/α-hetero) is 1. The molecule has 16 heavy (non-hydrogen) atoms. The molecule has 2 heteroatoms. The summed E-state index contributed by atoms with van der Waals surface area (Å²) in [6, 6.07) is 7.94. The lowest BCUT2D eigenvalue weighted by Gasteiger charge is -2.26. The van der Waals surface area contributed by atoms with Crippen LogP contribution in [-0.4, -0.2) is 12.4 Å². The van der Waals surface area contributed by atoms with Gasteiger partial charge in [-0.2, -0.15) is 0 Å². The van der Waals surface area contributed by atoms with Gasteiger partial charge in [-0.25, -0.2) is 0 Å². The summed E-state index contributed by atoms with van der Waals surface area (Å²) in [4.78, 5) is 11.3. The van der Waals surface area contributed by atoms with Crippen LogP contribution in [0.4, 0.5) is 0 Å². The van der Waals surface area contributed by atoms with Crippen LogP contribution in [0.25, 0.3) is 0 Å². The number of benzene rings is 1. The minimum absolute atomic E-state index is 0.169. The smallest absolute Gasteiger partial charge is 0.130 e. The van der Waals surface area contributed by atoms with Gasteiger partial charge in [-0.3, -0.25) is 4.79 Å². The number of hydrogen-bond donors (Lipinski definition) is 0. The molecule has 0 amide bonds. The lowest BCUT2D eigenvalue weighted by atomic mass is 9.80. The van der Waals surface area contributed by atoms with Crippen molar-refractivity contribution in [2.75, 3.05) is 6.61 Å². The van der Waals surface area contributed by atoms with Gasteiger partial charge in [0, 0.05) is 17.4 Å². The monoisotopic (exact) mass is 220 g/mol. The molecule has 0 unspecified atom stereocenters. The number of ketones is 1. The van der Waals surface area contributed by atoms with E-state index in [1.54, 1.807) is 6.92 Å². The first-order valence-electron chi connectivity index (χ1n) is 5.69. The average Bonchev–Trinajstić information content (AvgIpc) is 2.17. The lowest BCUT2D eigenvalue weighted by Crippen LogP contribution is -2.21. The maximum atomic E-state index is 11.3. The molecule has 2 nitrogen and oxygen atoms in total. The van der Waals surface area contributed by atoms with Crippen LogP contribution in [-0.2, 0) is 10.2 Å². The Morgan fingerprint density at radius 2 is 1.94 bits per heavy atom. The molecule has 0 saturated carbocycles. The summed E-state index contributed by atoms with van der Waals surface area (Å²) in [5.41, 5.74) is 0.935. The summed E-state index contributed by atoms with van der Waals surface area (Å²) < 4.78 is 5.59. The highest BCUT2D eigenvalue weighted by Crippen LogP contribution is 2.34. The van der Waals surface area contributed by atoms with Crippen LogP contribution < -0.4 is 4.74 Å². The molecule has 88 valence electrons. The van der Waals surface area contributed by atoms with E-state index in [1.807, 2.05) is 31.2 Å². The maximum absolute atomic E-state index is 11.3. The Hall–Kier alpha value is -1.31. The van der Waals surface area contributed by atoms with Crippen LogP contribution in [0.1, 0.15) is 39.7 Å². The molecule has 0 aliphatic rings. The Bertz CT molecular complexity index is 367. The van der Waals surface area contributed by atoms with Crippen molar-refractivity contribution >= 4 is 5.78 Å². The standard InChI is InChI=1S/C14H20O2/c1-5-16-13-9-7-6-8-12(13)14(3,4)10-11(2)15/h6-9H,5,10H2,1-4H3. The Kier molecular flexibility index (Phi) is 4.11. The first kappa shape index (κ1) is 12.8. The normalized spacial score (nSPS) is 11.2. The van der Waals surface area contributed by atoms with E-state index in [2.05, 4.69) is 13.8 Å². The second kappa shape index (κ2) is 5.15. The second-order valence-corrected chi connectivity index (χ2v) is 4.69. The van der Waals surface area contributed by atoms with Crippen molar-refractivity contribution < 1.29 is 9.53 Å². The fourth-order valence-corrected chi connectivity index (χ4v) is 2.02. The molecule has 1 aromatic carbocycles. The van der Waals surface area contributed by atoms with Gasteiger partial charge >= 0.3 is 0 Å². The number of hydrogen-bond acceptors (Lipinski definition) is 2. The number of rotatable bonds is 5. The van der Waals surface area contributed by atoms with E-state index < -0.39 is 0 Å². The molecule has 0 atom stereocenters. The molecule has 0 saturated heterocycles. The first-order chi connectivity index (χ1) is 7.47. The fourth-order valence-electron chi connectivity index (χ4n) is 2.02. The topological polar surface area (TPSA) is 26.3 Å². The van der Waals surface area contributed by atoms with E-state index in [9.17, 15) is 4.79 Å². The highest BCUT2D eigenvalue weighted by atomic mass is 16.5. The molecule has 0 N–H and O–H groups in total. The van der Waals surface area contributed by atoms with E-state index >= 15 is 0 Å². The van der Waals surface area contributed by atoms with Gasteiger partial charge in [0.15, 0.2) is 0 Å². The highest BCUT2D eigenvalue weighted by Gasteiger charge is 2.25. The Morgan fingerprint density at radius 3 is 2.50 bits per heavy atom. The van der Waals surface area contributed by atoms with Crippen molar-refractivity contribution in [3.05, 3.63) is 29.8 Å². The summed E-state index contributed by atoms with van der Waals surface area (Å²) in [5.74, 6) is 1.09. The molecule has 0 aliphatic carbocycles. The summed E-state index contributed by atoms with van der Waals surface area (Å²) in [6.07, 6.45) is 0.539. The van der Waals surface area contributed by atoms with Gasteiger partial charge in [-0.15, -0.1) is 0 Å². The minimum Gasteiger partial charge on any atom is -0.494 e. The van der Waals surface area contributed by atoms with E-state index in [0.29, 0.717) is 13.0 Å². The third kappa shape index (κ3) is 3.09. The number of para-hydroxylation sites is 1. The quantitative estimate of drug-likeness (QED) is 0.760. The number of carbonyl (C=O) groups excluding carboxylic acids is 1. The van der Waals surface area contributed by atoms with Crippen LogP contribution in [0.2, 0.25) is 0 Å². The molecule has 0 fully saturated rings. The van der Waals surface area contributed by atoms with Crippen LogP contribution in [0.15, 0.2) is 24.3 Å². The number of ether oxygens (including phenoxy) is 1. The molecule has 1 rings (SSSR count). The maximum Gasteiger partial charge on any atom is 0.130 e. The van der Waals surface area contributed by atoms with E-state index in [0.717, 1.165) is 11.3 Å². The molecule has 0 bridgehead atoms. The molecule has 0 spiro atoms. The van der Waals surface area contributed by atoms with Crippen LogP contribution >= 0.6 is 0 Å². The van der Waals surface area contributed by atoms with Gasteiger partial charge in [0.25, 0.3) is 0 Å². The molecule has 0 aromatic heterocycles. The van der Waals surface area contributed by atoms with Gasteiger partial charge in [-0.1, -0.05) is 32.0 Å². The predicted octanol–water partition coefficient (Wildman–Crippen LogP) is 3.34. The van der Waals surface area contributed by atoms with Crippen LogP contribution in [0.5, 0.6) is 5.75 Å². The summed E-state index contributed by atoms with van der Waals surface area (Å²) in [5, 5.41) is 0. The minimum atomic E-state index is -0.169. The third-order valence-corrected chi connectivity index (χ3v) is 2.61. The Balaban J connectivity index is 3.05. The molecular weight excluding hydrogens is 200 g/mol. The largest absolute Gasteiger partial charge is 0.494 e. The van der Waals surface area contributed by atoms with Crippen LogP contribution in [0.3, 0.4) is 0 Å². The summed E-state index contributed by atoms with van der Waals surface area (Å²) in [6.45, 7) is 8.39. The fraction of sp³-hybridized carbons (Fsp3) is 0.500. The second-order valence-electron chi connectivity index (χ2n) is 4.69. The van der Waals surface area contributed by atoms with E-state index in [4.69, 9.17) is 4.74 Å². The van der Waals surface area contributed by atoms with Gasteiger partial charge in [0.2, 0.25) is 0 Å². The zero-order valence-corrected chi connectivity index (χ0v) is 10.5. The van der Waals surface area contributed by atoms with Crippen molar-refractivity contribution in [2.24, 2.45) is 0 Å². The molecule has 1 aromatic rings. The van der Waals surface area contributed by atoms with Crippen molar-refractivity contribution in [1.29, 1.82) is 0 Å².